The second-order valence-electron chi connectivity index (χ2n) is 5.47. The first kappa shape index (κ1) is 16.1. The zero-order valence-corrected chi connectivity index (χ0v) is 13.6. The molecule has 1 N–H and O–H groups in total. The molecule has 4 heteroatoms. The highest BCUT2D eigenvalue weighted by Gasteiger charge is 2.05. The van der Waals surface area contributed by atoms with Gasteiger partial charge in [0, 0.05) is 30.9 Å². The minimum absolute atomic E-state index is 0.0982. The fraction of sp³-hybridized carbons (Fsp3) is 0.389. The van der Waals surface area contributed by atoms with Gasteiger partial charge in [0.2, 0.25) is 5.91 Å². The van der Waals surface area contributed by atoms with E-state index in [4.69, 9.17) is 4.74 Å². The van der Waals surface area contributed by atoms with Crippen LogP contribution in [0, 0.1) is 13.8 Å². The van der Waals surface area contributed by atoms with Crippen molar-refractivity contribution in [2.24, 2.45) is 0 Å². The van der Waals surface area contributed by atoms with Gasteiger partial charge in [-0.05, 0) is 50.1 Å². The van der Waals surface area contributed by atoms with Crippen LogP contribution >= 0.6 is 0 Å². The Balaban J connectivity index is 1.71. The minimum atomic E-state index is 0.0982. The van der Waals surface area contributed by atoms with Crippen LogP contribution in [0.2, 0.25) is 0 Å². The number of nitrogens with one attached hydrogen (secondary N) is 1. The molecule has 0 radical (unpaired) electrons. The van der Waals surface area contributed by atoms with E-state index in [0.717, 1.165) is 18.7 Å². The molecule has 0 saturated heterocycles. The number of carbonyl (C=O) groups is 1. The van der Waals surface area contributed by atoms with E-state index < -0.39 is 0 Å². The lowest BCUT2D eigenvalue weighted by atomic mass is 10.1. The van der Waals surface area contributed by atoms with E-state index in [1.807, 2.05) is 24.3 Å². The Morgan fingerprint density at radius 1 is 1.09 bits per heavy atom. The monoisotopic (exact) mass is 300 g/mol. The molecule has 0 fully saturated rings. The van der Waals surface area contributed by atoms with Gasteiger partial charge in [0.25, 0.3) is 0 Å². The number of ether oxygens (including phenoxy) is 1. The van der Waals surface area contributed by atoms with Gasteiger partial charge in [-0.1, -0.05) is 12.1 Å². The number of carbonyl (C=O) groups excluding carboxylic acids is 1. The molecular formula is C18H24N2O2. The average Bonchev–Trinajstić information content (AvgIpc) is 2.84. The molecule has 1 aromatic heterocycles. The molecular weight excluding hydrogens is 276 g/mol. The van der Waals surface area contributed by atoms with E-state index in [1.165, 1.54) is 17.0 Å². The number of nitrogens with zero attached hydrogens (tertiary/aromatic N) is 1. The lowest BCUT2D eigenvalue weighted by molar-refractivity contribution is -0.121. The molecule has 0 aliphatic heterocycles. The van der Waals surface area contributed by atoms with E-state index in [1.54, 1.807) is 7.11 Å². The molecule has 2 rings (SSSR count). The van der Waals surface area contributed by atoms with Crippen LogP contribution in [0.1, 0.15) is 23.4 Å². The largest absolute Gasteiger partial charge is 0.497 e. The zero-order valence-electron chi connectivity index (χ0n) is 13.6. The van der Waals surface area contributed by atoms with Gasteiger partial charge in [0.05, 0.1) is 7.11 Å². The van der Waals surface area contributed by atoms with Gasteiger partial charge < -0.3 is 14.6 Å². The van der Waals surface area contributed by atoms with E-state index >= 15 is 0 Å². The van der Waals surface area contributed by atoms with Crippen molar-refractivity contribution in [2.45, 2.75) is 33.2 Å². The molecule has 0 aliphatic rings. The number of aromatic nitrogens is 1. The van der Waals surface area contributed by atoms with Crippen LogP contribution in [0.25, 0.3) is 0 Å². The fourth-order valence-corrected chi connectivity index (χ4v) is 2.49. The maximum Gasteiger partial charge on any atom is 0.221 e. The summed E-state index contributed by atoms with van der Waals surface area (Å²) in [6.45, 7) is 5.52. The molecule has 2 aromatic rings. The molecule has 0 bridgehead atoms. The van der Waals surface area contributed by atoms with Gasteiger partial charge in [-0.2, -0.15) is 0 Å². The van der Waals surface area contributed by atoms with Crippen LogP contribution in [0.15, 0.2) is 36.4 Å². The summed E-state index contributed by atoms with van der Waals surface area (Å²) in [7, 11) is 1.66. The van der Waals surface area contributed by atoms with Crippen molar-refractivity contribution in [3.63, 3.8) is 0 Å². The molecule has 1 aromatic carbocycles. The topological polar surface area (TPSA) is 43.3 Å². The smallest absolute Gasteiger partial charge is 0.221 e. The molecule has 0 spiro atoms. The van der Waals surface area contributed by atoms with Crippen molar-refractivity contribution in [3.8, 4) is 5.75 Å². The van der Waals surface area contributed by atoms with E-state index in [2.05, 4.69) is 35.9 Å². The standard InChI is InChI=1S/C18H24N2O2/c1-14-4-5-15(2)20(14)13-11-18(21)19-12-10-16-6-8-17(22-3)9-7-16/h4-9H,10-13H2,1-3H3,(H,19,21). The van der Waals surface area contributed by atoms with E-state index in [0.29, 0.717) is 13.0 Å². The number of aryl methyl sites for hydroxylation is 2. The van der Waals surface area contributed by atoms with E-state index in [9.17, 15) is 4.79 Å². The Hall–Kier alpha value is -2.23. The Morgan fingerprint density at radius 3 is 2.32 bits per heavy atom. The summed E-state index contributed by atoms with van der Waals surface area (Å²) >= 11 is 0. The lowest BCUT2D eigenvalue weighted by Crippen LogP contribution is -2.26. The second-order valence-corrected chi connectivity index (χ2v) is 5.47. The Bertz CT molecular complexity index is 595. The van der Waals surface area contributed by atoms with Crippen LogP contribution in [0.3, 0.4) is 0 Å². The summed E-state index contributed by atoms with van der Waals surface area (Å²) in [6.07, 6.45) is 1.34. The number of amides is 1. The van der Waals surface area contributed by atoms with Crippen LogP contribution in [0.5, 0.6) is 5.75 Å². The summed E-state index contributed by atoms with van der Waals surface area (Å²) in [5.41, 5.74) is 3.59. The highest BCUT2D eigenvalue weighted by Crippen LogP contribution is 2.11. The van der Waals surface area contributed by atoms with Gasteiger partial charge in [0.15, 0.2) is 0 Å². The Morgan fingerprint density at radius 2 is 1.73 bits per heavy atom. The van der Waals surface area contributed by atoms with Gasteiger partial charge in [0.1, 0.15) is 5.75 Å². The third kappa shape index (κ3) is 4.38. The molecule has 0 unspecified atom stereocenters. The van der Waals surface area contributed by atoms with Crippen molar-refractivity contribution in [3.05, 3.63) is 53.3 Å². The SMILES string of the molecule is COc1ccc(CCNC(=O)CCn2c(C)ccc2C)cc1. The van der Waals surface area contributed by atoms with Crippen molar-refractivity contribution < 1.29 is 9.53 Å². The quantitative estimate of drug-likeness (QED) is 0.854. The minimum Gasteiger partial charge on any atom is -0.497 e. The maximum absolute atomic E-state index is 11.9. The van der Waals surface area contributed by atoms with Crippen LogP contribution in [0.4, 0.5) is 0 Å². The summed E-state index contributed by atoms with van der Waals surface area (Å²) in [4.78, 5) is 11.9. The Labute approximate surface area is 132 Å². The number of benzene rings is 1. The summed E-state index contributed by atoms with van der Waals surface area (Å²) in [6, 6.07) is 12.1. The first-order valence-electron chi connectivity index (χ1n) is 7.62. The molecule has 0 aliphatic carbocycles. The molecule has 1 amide bonds. The zero-order chi connectivity index (χ0) is 15.9. The van der Waals surface area contributed by atoms with Crippen LogP contribution in [-0.4, -0.2) is 24.1 Å². The Kier molecular flexibility index (Phi) is 5.64. The van der Waals surface area contributed by atoms with E-state index in [-0.39, 0.29) is 5.91 Å². The first-order valence-corrected chi connectivity index (χ1v) is 7.62. The summed E-state index contributed by atoms with van der Waals surface area (Å²) in [5.74, 6) is 0.950. The fourth-order valence-electron chi connectivity index (χ4n) is 2.49. The third-order valence-corrected chi connectivity index (χ3v) is 3.87. The number of hydrogen-bond donors (Lipinski definition) is 1. The number of hydrogen-bond acceptors (Lipinski definition) is 2. The van der Waals surface area contributed by atoms with Crippen molar-refractivity contribution in [2.75, 3.05) is 13.7 Å². The highest BCUT2D eigenvalue weighted by molar-refractivity contribution is 5.75. The second kappa shape index (κ2) is 7.69. The highest BCUT2D eigenvalue weighted by atomic mass is 16.5. The average molecular weight is 300 g/mol. The maximum atomic E-state index is 11.9. The molecule has 22 heavy (non-hydrogen) atoms. The first-order chi connectivity index (χ1) is 10.6. The predicted molar refractivity (Wildman–Crippen MR) is 88.2 cm³/mol. The molecule has 4 nitrogen and oxygen atoms in total. The normalized spacial score (nSPS) is 10.5. The molecule has 0 atom stereocenters. The summed E-state index contributed by atoms with van der Waals surface area (Å²) in [5, 5.41) is 2.98. The number of rotatable bonds is 7. The van der Waals surface area contributed by atoms with Gasteiger partial charge >= 0.3 is 0 Å². The molecule has 1 heterocycles. The van der Waals surface area contributed by atoms with Gasteiger partial charge in [-0.3, -0.25) is 4.79 Å². The van der Waals surface area contributed by atoms with Crippen molar-refractivity contribution >= 4 is 5.91 Å². The van der Waals surface area contributed by atoms with Crippen molar-refractivity contribution in [1.29, 1.82) is 0 Å². The van der Waals surface area contributed by atoms with Gasteiger partial charge in [-0.25, -0.2) is 0 Å². The number of methoxy groups -OCH3 is 1. The molecule has 118 valence electrons. The predicted octanol–water partition coefficient (Wildman–Crippen LogP) is 2.86. The van der Waals surface area contributed by atoms with Gasteiger partial charge in [-0.15, -0.1) is 0 Å². The van der Waals surface area contributed by atoms with Crippen molar-refractivity contribution in [1.82, 2.24) is 9.88 Å². The third-order valence-electron chi connectivity index (χ3n) is 3.87. The van der Waals surface area contributed by atoms with Crippen LogP contribution < -0.4 is 10.1 Å². The molecule has 0 saturated carbocycles. The lowest BCUT2D eigenvalue weighted by Gasteiger charge is -2.10. The van der Waals surface area contributed by atoms with Crippen LogP contribution in [-0.2, 0) is 17.8 Å². The summed E-state index contributed by atoms with van der Waals surface area (Å²) < 4.78 is 7.30.